The van der Waals surface area contributed by atoms with Crippen LogP contribution in [0.15, 0.2) is 47.1 Å². The summed E-state index contributed by atoms with van der Waals surface area (Å²) in [5.74, 6) is 1.76. The fourth-order valence-electron chi connectivity index (χ4n) is 2.72. The SMILES string of the molecule is C#CCOC1(C(F)(F)F)C2=CC=CN(O)C2=Nc2ccc(Cl)cc21. The molecule has 1 atom stereocenters. The third-order valence-corrected chi connectivity index (χ3v) is 3.90. The highest BCUT2D eigenvalue weighted by atomic mass is 35.5. The number of aliphatic imine (C=N–C) groups is 1. The van der Waals surface area contributed by atoms with Gasteiger partial charge in [0.15, 0.2) is 5.84 Å². The van der Waals surface area contributed by atoms with E-state index in [0.717, 1.165) is 6.07 Å². The molecule has 2 heterocycles. The lowest BCUT2D eigenvalue weighted by Gasteiger charge is -2.42. The summed E-state index contributed by atoms with van der Waals surface area (Å²) < 4.78 is 47.7. The highest BCUT2D eigenvalue weighted by Gasteiger charge is 2.63. The Kier molecular flexibility index (Phi) is 3.92. The van der Waals surface area contributed by atoms with Crippen LogP contribution in [0.3, 0.4) is 0 Å². The predicted octanol–water partition coefficient (Wildman–Crippen LogP) is 3.94. The summed E-state index contributed by atoms with van der Waals surface area (Å²) in [5.41, 5.74) is -3.56. The number of allylic oxidation sites excluding steroid dienone is 2. The summed E-state index contributed by atoms with van der Waals surface area (Å²) in [6.45, 7) is -0.592. The number of nitrogens with zero attached hydrogens (tertiary/aromatic N) is 2. The van der Waals surface area contributed by atoms with E-state index in [2.05, 4.69) is 4.99 Å². The van der Waals surface area contributed by atoms with Gasteiger partial charge in [0.1, 0.15) is 6.61 Å². The first-order chi connectivity index (χ1) is 11.3. The third kappa shape index (κ3) is 2.31. The number of terminal acetylenes is 1. The van der Waals surface area contributed by atoms with Crippen molar-refractivity contribution in [2.75, 3.05) is 6.61 Å². The molecule has 124 valence electrons. The van der Waals surface area contributed by atoms with Gasteiger partial charge in [0.2, 0.25) is 5.60 Å². The van der Waals surface area contributed by atoms with Crippen molar-refractivity contribution in [3.8, 4) is 12.3 Å². The lowest BCUT2D eigenvalue weighted by Crippen LogP contribution is -2.52. The maximum atomic E-state index is 14.2. The summed E-state index contributed by atoms with van der Waals surface area (Å²) in [4.78, 5) is 4.09. The molecule has 0 saturated carbocycles. The van der Waals surface area contributed by atoms with Crippen LogP contribution in [-0.4, -0.2) is 28.9 Å². The Morgan fingerprint density at radius 2 is 2.17 bits per heavy atom. The van der Waals surface area contributed by atoms with Crippen LogP contribution in [0.5, 0.6) is 0 Å². The molecular weight excluding hydrogens is 345 g/mol. The minimum Gasteiger partial charge on any atom is -0.343 e. The zero-order chi connectivity index (χ0) is 17.5. The highest BCUT2D eigenvalue weighted by Crippen LogP contribution is 2.54. The van der Waals surface area contributed by atoms with Gasteiger partial charge in [-0.1, -0.05) is 23.6 Å². The van der Waals surface area contributed by atoms with Gasteiger partial charge in [-0.15, -0.1) is 6.42 Å². The molecule has 0 spiro atoms. The number of hydroxylamine groups is 2. The Morgan fingerprint density at radius 3 is 2.83 bits per heavy atom. The first-order valence-electron chi connectivity index (χ1n) is 6.71. The van der Waals surface area contributed by atoms with Gasteiger partial charge in [-0.2, -0.15) is 13.2 Å². The van der Waals surface area contributed by atoms with Crippen LogP contribution in [0.4, 0.5) is 18.9 Å². The summed E-state index contributed by atoms with van der Waals surface area (Å²) in [6, 6.07) is 3.87. The van der Waals surface area contributed by atoms with Gasteiger partial charge in [-0.05, 0) is 24.3 Å². The molecule has 1 N–H and O–H groups in total. The Morgan fingerprint density at radius 1 is 1.42 bits per heavy atom. The second-order valence-electron chi connectivity index (χ2n) is 5.04. The predicted molar refractivity (Wildman–Crippen MR) is 81.9 cm³/mol. The summed E-state index contributed by atoms with van der Waals surface area (Å²) in [7, 11) is 0. The van der Waals surface area contributed by atoms with Gasteiger partial charge in [0, 0.05) is 22.4 Å². The van der Waals surface area contributed by atoms with Gasteiger partial charge in [-0.25, -0.2) is 10.1 Å². The summed E-state index contributed by atoms with van der Waals surface area (Å²) in [5, 5.41) is 10.5. The van der Waals surface area contributed by atoms with Crippen LogP contribution < -0.4 is 0 Å². The molecule has 4 nitrogen and oxygen atoms in total. The first-order valence-corrected chi connectivity index (χ1v) is 7.09. The zero-order valence-electron chi connectivity index (χ0n) is 12.0. The number of benzene rings is 1. The number of rotatable bonds is 2. The molecule has 0 aromatic heterocycles. The van der Waals surface area contributed by atoms with E-state index < -0.39 is 18.4 Å². The van der Waals surface area contributed by atoms with Crippen molar-refractivity contribution in [3.05, 3.63) is 52.7 Å². The number of alkyl halides is 3. The van der Waals surface area contributed by atoms with Crippen LogP contribution in [0.2, 0.25) is 5.02 Å². The Labute approximate surface area is 140 Å². The number of hydrogen-bond donors (Lipinski definition) is 1. The Bertz CT molecular complexity index is 824. The van der Waals surface area contributed by atoms with E-state index in [1.807, 2.05) is 5.92 Å². The topological polar surface area (TPSA) is 45.1 Å². The van der Waals surface area contributed by atoms with Crippen LogP contribution in [-0.2, 0) is 10.3 Å². The average molecular weight is 355 g/mol. The molecule has 2 aliphatic heterocycles. The fraction of sp³-hybridized carbons (Fsp3) is 0.188. The second kappa shape index (κ2) is 5.67. The molecule has 0 bridgehead atoms. The summed E-state index contributed by atoms with van der Waals surface area (Å²) in [6.07, 6.45) is 3.83. The van der Waals surface area contributed by atoms with Crippen molar-refractivity contribution in [1.29, 1.82) is 0 Å². The molecule has 1 unspecified atom stereocenters. The van der Waals surface area contributed by atoms with E-state index >= 15 is 0 Å². The van der Waals surface area contributed by atoms with Crippen molar-refractivity contribution >= 4 is 23.1 Å². The number of halogens is 4. The van der Waals surface area contributed by atoms with Gasteiger partial charge in [0.25, 0.3) is 0 Å². The molecule has 1 aromatic carbocycles. The minimum absolute atomic E-state index is 0.0183. The van der Waals surface area contributed by atoms with Crippen LogP contribution >= 0.6 is 11.6 Å². The standard InChI is InChI=1S/C16H10ClF3N2O2/c1-2-8-24-15(16(18,19)20)11-4-3-7-22(23)14(11)21-13-6-5-10(17)9-12(13)15/h1,3-7,9,23H,8H2. The van der Waals surface area contributed by atoms with Crippen molar-refractivity contribution in [3.63, 3.8) is 0 Å². The number of fused-ring (bicyclic) bond motifs is 2. The largest absolute Gasteiger partial charge is 0.426 e. The lowest BCUT2D eigenvalue weighted by atomic mass is 9.80. The van der Waals surface area contributed by atoms with Crippen molar-refractivity contribution in [2.24, 2.45) is 4.99 Å². The first kappa shape index (κ1) is 16.6. The Hall–Kier alpha value is -2.27. The number of ether oxygens (including phenoxy) is 1. The highest BCUT2D eigenvalue weighted by molar-refractivity contribution is 6.30. The van der Waals surface area contributed by atoms with Gasteiger partial charge < -0.3 is 4.74 Å². The van der Waals surface area contributed by atoms with E-state index in [0.29, 0.717) is 5.06 Å². The minimum atomic E-state index is -4.87. The van der Waals surface area contributed by atoms with Crippen molar-refractivity contribution in [2.45, 2.75) is 11.8 Å². The van der Waals surface area contributed by atoms with E-state index in [9.17, 15) is 18.4 Å². The molecule has 3 rings (SSSR count). The van der Waals surface area contributed by atoms with E-state index in [1.54, 1.807) is 0 Å². The van der Waals surface area contributed by atoms with Crippen molar-refractivity contribution in [1.82, 2.24) is 5.06 Å². The maximum absolute atomic E-state index is 14.2. The van der Waals surface area contributed by atoms with Gasteiger partial charge in [-0.3, -0.25) is 5.21 Å². The molecule has 0 saturated heterocycles. The molecule has 24 heavy (non-hydrogen) atoms. The molecular formula is C16H10ClF3N2O2. The van der Waals surface area contributed by atoms with Crippen molar-refractivity contribution < 1.29 is 23.1 Å². The summed E-state index contributed by atoms with van der Waals surface area (Å²) >= 11 is 5.89. The quantitative estimate of drug-likeness (QED) is 0.818. The molecule has 8 heteroatoms. The van der Waals surface area contributed by atoms with Crippen LogP contribution in [0.1, 0.15) is 5.56 Å². The van der Waals surface area contributed by atoms with Crippen LogP contribution in [0.25, 0.3) is 0 Å². The van der Waals surface area contributed by atoms with E-state index in [4.69, 9.17) is 22.8 Å². The maximum Gasteiger partial charge on any atom is 0.426 e. The smallest absolute Gasteiger partial charge is 0.343 e. The molecule has 0 fully saturated rings. The monoisotopic (exact) mass is 354 g/mol. The second-order valence-corrected chi connectivity index (χ2v) is 5.47. The fourth-order valence-corrected chi connectivity index (χ4v) is 2.89. The zero-order valence-corrected chi connectivity index (χ0v) is 12.8. The molecule has 0 amide bonds. The van der Waals surface area contributed by atoms with E-state index in [-0.39, 0.29) is 27.7 Å². The lowest BCUT2D eigenvalue weighted by molar-refractivity contribution is -0.263. The van der Waals surface area contributed by atoms with Gasteiger partial charge >= 0.3 is 6.18 Å². The van der Waals surface area contributed by atoms with E-state index in [1.165, 1.54) is 30.5 Å². The average Bonchev–Trinajstić information content (AvgIpc) is 2.51. The third-order valence-electron chi connectivity index (χ3n) is 3.66. The molecule has 0 aliphatic carbocycles. The molecule has 0 radical (unpaired) electrons. The number of amidine groups is 1. The molecule has 2 aliphatic rings. The van der Waals surface area contributed by atoms with Crippen LogP contribution in [0, 0.1) is 12.3 Å². The normalized spacial score (nSPS) is 22.2. The number of hydrogen-bond acceptors (Lipinski definition) is 4. The Balaban J connectivity index is 2.38. The molecule has 1 aromatic rings. The van der Waals surface area contributed by atoms with Gasteiger partial charge in [0.05, 0.1) is 5.69 Å².